The number of nitrogens with one attached hydrogen (secondary N) is 3. The van der Waals surface area contributed by atoms with E-state index in [0.29, 0.717) is 24.9 Å². The van der Waals surface area contributed by atoms with Crippen LogP contribution < -0.4 is 16.0 Å². The van der Waals surface area contributed by atoms with Crippen LogP contribution in [0.5, 0.6) is 0 Å². The fourth-order valence-electron chi connectivity index (χ4n) is 2.27. The topological polar surface area (TPSA) is 87.3 Å². The lowest BCUT2D eigenvalue weighted by atomic mass is 10.00. The van der Waals surface area contributed by atoms with Crippen LogP contribution in [0.2, 0.25) is 0 Å². The van der Waals surface area contributed by atoms with Gasteiger partial charge in [0.15, 0.2) is 0 Å². The SMILES string of the molecule is CCCNC(=O)[C@@H](C)NC(=O)c1ccc2c(c1)CCC(=O)N2. The Hall–Kier alpha value is -2.37. The van der Waals surface area contributed by atoms with Gasteiger partial charge in [-0.15, -0.1) is 0 Å². The van der Waals surface area contributed by atoms with Crippen LogP contribution in [0.3, 0.4) is 0 Å². The van der Waals surface area contributed by atoms with Gasteiger partial charge >= 0.3 is 0 Å². The van der Waals surface area contributed by atoms with Gasteiger partial charge in [0.05, 0.1) is 0 Å². The Kier molecular flexibility index (Phi) is 5.14. The van der Waals surface area contributed by atoms with Crippen LogP contribution in [-0.4, -0.2) is 30.3 Å². The maximum absolute atomic E-state index is 12.2. The Morgan fingerprint density at radius 2 is 2.09 bits per heavy atom. The molecule has 1 atom stereocenters. The summed E-state index contributed by atoms with van der Waals surface area (Å²) in [5, 5.41) is 8.20. The molecule has 0 unspecified atom stereocenters. The molecule has 1 aromatic carbocycles. The van der Waals surface area contributed by atoms with Crippen molar-refractivity contribution in [3.05, 3.63) is 29.3 Å². The summed E-state index contributed by atoms with van der Waals surface area (Å²) in [6.07, 6.45) is 1.89. The average Bonchev–Trinajstić information content (AvgIpc) is 2.51. The predicted octanol–water partition coefficient (Wildman–Crippen LogP) is 1.22. The molecule has 2 rings (SSSR count). The Morgan fingerprint density at radius 1 is 1.32 bits per heavy atom. The van der Waals surface area contributed by atoms with Crippen LogP contribution in [0.25, 0.3) is 0 Å². The number of rotatable bonds is 5. The first-order valence-corrected chi connectivity index (χ1v) is 7.52. The fourth-order valence-corrected chi connectivity index (χ4v) is 2.27. The van der Waals surface area contributed by atoms with Crippen molar-refractivity contribution in [1.29, 1.82) is 0 Å². The zero-order valence-electron chi connectivity index (χ0n) is 12.9. The van der Waals surface area contributed by atoms with Crippen molar-refractivity contribution in [1.82, 2.24) is 10.6 Å². The van der Waals surface area contributed by atoms with Gasteiger partial charge in [-0.1, -0.05) is 6.92 Å². The molecular weight excluding hydrogens is 282 g/mol. The van der Waals surface area contributed by atoms with E-state index in [-0.39, 0.29) is 17.7 Å². The Bertz CT molecular complexity index is 598. The van der Waals surface area contributed by atoms with E-state index in [1.807, 2.05) is 6.92 Å². The molecule has 6 heteroatoms. The second-order valence-electron chi connectivity index (χ2n) is 5.41. The number of hydrogen-bond donors (Lipinski definition) is 3. The summed E-state index contributed by atoms with van der Waals surface area (Å²) in [5.41, 5.74) is 2.18. The van der Waals surface area contributed by atoms with Crippen molar-refractivity contribution in [2.24, 2.45) is 0 Å². The van der Waals surface area contributed by atoms with E-state index in [1.165, 1.54) is 0 Å². The molecule has 0 fully saturated rings. The van der Waals surface area contributed by atoms with Gasteiger partial charge in [0.1, 0.15) is 6.04 Å². The van der Waals surface area contributed by atoms with Crippen LogP contribution in [0, 0.1) is 0 Å². The molecule has 0 spiro atoms. The third kappa shape index (κ3) is 3.84. The highest BCUT2D eigenvalue weighted by Crippen LogP contribution is 2.23. The van der Waals surface area contributed by atoms with Gasteiger partial charge in [0.25, 0.3) is 5.91 Å². The van der Waals surface area contributed by atoms with Gasteiger partial charge in [-0.2, -0.15) is 0 Å². The lowest BCUT2D eigenvalue weighted by molar-refractivity contribution is -0.122. The minimum absolute atomic E-state index is 0.00841. The zero-order valence-corrected chi connectivity index (χ0v) is 12.9. The van der Waals surface area contributed by atoms with Gasteiger partial charge in [0, 0.05) is 24.2 Å². The van der Waals surface area contributed by atoms with E-state index in [2.05, 4.69) is 16.0 Å². The van der Waals surface area contributed by atoms with Crippen LogP contribution in [0.4, 0.5) is 5.69 Å². The van der Waals surface area contributed by atoms with Crippen molar-refractivity contribution in [3.63, 3.8) is 0 Å². The quantitative estimate of drug-likeness (QED) is 0.764. The van der Waals surface area contributed by atoms with Gasteiger partial charge in [-0.25, -0.2) is 0 Å². The van der Waals surface area contributed by atoms with E-state index in [4.69, 9.17) is 0 Å². The van der Waals surface area contributed by atoms with Gasteiger partial charge in [-0.05, 0) is 43.5 Å². The summed E-state index contributed by atoms with van der Waals surface area (Å²) in [6, 6.07) is 4.55. The molecule has 0 saturated carbocycles. The molecule has 3 amide bonds. The number of carbonyl (C=O) groups excluding carboxylic acids is 3. The van der Waals surface area contributed by atoms with E-state index in [9.17, 15) is 14.4 Å². The predicted molar refractivity (Wildman–Crippen MR) is 83.6 cm³/mol. The number of carbonyl (C=O) groups is 3. The maximum Gasteiger partial charge on any atom is 0.251 e. The lowest BCUT2D eigenvalue weighted by Gasteiger charge is -2.18. The summed E-state index contributed by atoms with van der Waals surface area (Å²) in [5.74, 6) is -0.495. The van der Waals surface area contributed by atoms with Crippen molar-refractivity contribution < 1.29 is 14.4 Å². The van der Waals surface area contributed by atoms with Crippen LogP contribution >= 0.6 is 0 Å². The molecule has 118 valence electrons. The lowest BCUT2D eigenvalue weighted by Crippen LogP contribution is -2.45. The molecule has 0 bridgehead atoms. The Balaban J connectivity index is 2.01. The summed E-state index contributed by atoms with van der Waals surface area (Å²) in [6.45, 7) is 4.22. The molecule has 3 N–H and O–H groups in total. The third-order valence-corrected chi connectivity index (χ3v) is 3.55. The standard InChI is InChI=1S/C16H21N3O3/c1-3-8-17-15(21)10(2)18-16(22)12-4-6-13-11(9-12)5-7-14(20)19-13/h4,6,9-10H,3,5,7-8H2,1-2H3,(H,17,21)(H,18,22)(H,19,20)/t10-/m1/s1. The van der Waals surface area contributed by atoms with Crippen molar-refractivity contribution in [3.8, 4) is 0 Å². The van der Waals surface area contributed by atoms with Crippen LogP contribution in [-0.2, 0) is 16.0 Å². The molecule has 1 aliphatic heterocycles. The summed E-state index contributed by atoms with van der Waals surface area (Å²) >= 11 is 0. The molecule has 1 heterocycles. The first-order valence-electron chi connectivity index (χ1n) is 7.52. The van der Waals surface area contributed by atoms with Gasteiger partial charge < -0.3 is 16.0 Å². The second kappa shape index (κ2) is 7.06. The first-order chi connectivity index (χ1) is 10.5. The van der Waals surface area contributed by atoms with E-state index < -0.39 is 6.04 Å². The number of aryl methyl sites for hydroxylation is 1. The Labute approximate surface area is 129 Å². The minimum atomic E-state index is -0.588. The summed E-state index contributed by atoms with van der Waals surface area (Å²) in [7, 11) is 0. The largest absolute Gasteiger partial charge is 0.354 e. The molecule has 0 aromatic heterocycles. The highest BCUT2D eigenvalue weighted by atomic mass is 16.2. The Morgan fingerprint density at radius 3 is 2.82 bits per heavy atom. The van der Waals surface area contributed by atoms with E-state index in [1.54, 1.807) is 25.1 Å². The minimum Gasteiger partial charge on any atom is -0.354 e. The van der Waals surface area contributed by atoms with Crippen molar-refractivity contribution in [2.45, 2.75) is 39.2 Å². The number of amides is 3. The monoisotopic (exact) mass is 303 g/mol. The summed E-state index contributed by atoms with van der Waals surface area (Å²) < 4.78 is 0. The normalized spacial score (nSPS) is 14.5. The maximum atomic E-state index is 12.2. The van der Waals surface area contributed by atoms with Crippen LogP contribution in [0.15, 0.2) is 18.2 Å². The average molecular weight is 303 g/mol. The second-order valence-corrected chi connectivity index (χ2v) is 5.41. The van der Waals surface area contributed by atoms with Crippen molar-refractivity contribution >= 4 is 23.4 Å². The number of hydrogen-bond acceptors (Lipinski definition) is 3. The molecule has 22 heavy (non-hydrogen) atoms. The number of anilines is 1. The third-order valence-electron chi connectivity index (χ3n) is 3.55. The number of fused-ring (bicyclic) bond motifs is 1. The molecule has 6 nitrogen and oxygen atoms in total. The van der Waals surface area contributed by atoms with Gasteiger partial charge in [0.2, 0.25) is 11.8 Å². The first kappa shape index (κ1) is 16.0. The number of benzene rings is 1. The molecule has 0 aliphatic carbocycles. The smallest absolute Gasteiger partial charge is 0.251 e. The molecule has 0 saturated heterocycles. The summed E-state index contributed by atoms with van der Waals surface area (Å²) in [4.78, 5) is 35.3. The molecule has 1 aromatic rings. The molecule has 1 aliphatic rings. The fraction of sp³-hybridized carbons (Fsp3) is 0.438. The van der Waals surface area contributed by atoms with E-state index in [0.717, 1.165) is 17.7 Å². The molecule has 0 radical (unpaired) electrons. The van der Waals surface area contributed by atoms with Gasteiger partial charge in [-0.3, -0.25) is 14.4 Å². The van der Waals surface area contributed by atoms with Crippen molar-refractivity contribution in [2.75, 3.05) is 11.9 Å². The van der Waals surface area contributed by atoms with E-state index >= 15 is 0 Å². The zero-order chi connectivity index (χ0) is 16.1. The highest BCUT2D eigenvalue weighted by molar-refractivity contribution is 5.99. The highest BCUT2D eigenvalue weighted by Gasteiger charge is 2.19. The molecular formula is C16H21N3O3. The van der Waals surface area contributed by atoms with Crippen LogP contribution in [0.1, 0.15) is 42.6 Å².